The molecule has 2 fully saturated rings. The zero-order valence-electron chi connectivity index (χ0n) is 13.7. The van der Waals surface area contributed by atoms with E-state index in [0.29, 0.717) is 18.8 Å². The lowest BCUT2D eigenvalue weighted by Crippen LogP contribution is -2.46. The van der Waals surface area contributed by atoms with Crippen LogP contribution in [0.5, 0.6) is 0 Å². The predicted molar refractivity (Wildman–Crippen MR) is 94.2 cm³/mol. The van der Waals surface area contributed by atoms with E-state index in [2.05, 4.69) is 28.2 Å². The molecule has 0 aromatic heterocycles. The monoisotopic (exact) mass is 378 g/mol. The summed E-state index contributed by atoms with van der Waals surface area (Å²) in [5.41, 5.74) is 0.993. The number of aryl methyl sites for hydroxylation is 1. The number of nitrogens with one attached hydrogen (secondary N) is 1. The molecule has 2 aliphatic rings. The average Bonchev–Trinajstić information content (AvgIpc) is 3.33. The highest BCUT2D eigenvalue weighted by Gasteiger charge is 2.58. The molecule has 0 bridgehead atoms. The fourth-order valence-electron chi connectivity index (χ4n) is 3.15. The Balaban J connectivity index is 1.68. The van der Waals surface area contributed by atoms with Crippen molar-refractivity contribution >= 4 is 33.4 Å². The number of hydrogen-bond donors (Lipinski definition) is 1. The quantitative estimate of drug-likeness (QED) is 0.814. The van der Waals surface area contributed by atoms with Crippen molar-refractivity contribution in [1.29, 1.82) is 0 Å². The third-order valence-corrected chi connectivity index (χ3v) is 5.97. The number of benzene rings is 1. The van der Waals surface area contributed by atoms with Crippen molar-refractivity contribution in [2.24, 2.45) is 11.3 Å². The Labute approximate surface area is 145 Å². The van der Waals surface area contributed by atoms with Gasteiger partial charge >= 0.3 is 0 Å². The lowest BCUT2D eigenvalue weighted by molar-refractivity contribution is -0.143. The number of anilines is 1. The molecule has 1 N–H and O–H groups in total. The zero-order chi connectivity index (χ0) is 16.6. The van der Waals surface area contributed by atoms with Gasteiger partial charge < -0.3 is 10.2 Å². The van der Waals surface area contributed by atoms with Crippen molar-refractivity contribution in [3.05, 3.63) is 28.2 Å². The minimum absolute atomic E-state index is 0.0238. The molecule has 0 atom stereocenters. The zero-order valence-corrected chi connectivity index (χ0v) is 15.3. The van der Waals surface area contributed by atoms with Gasteiger partial charge in [-0.05, 0) is 62.3 Å². The van der Waals surface area contributed by atoms with Crippen LogP contribution in [0.15, 0.2) is 22.7 Å². The number of nitrogens with zero attached hydrogens (tertiary/aromatic N) is 1. The highest BCUT2D eigenvalue weighted by Crippen LogP contribution is 2.48. The normalized spacial score (nSPS) is 20.2. The van der Waals surface area contributed by atoms with Gasteiger partial charge in [0.25, 0.3) is 0 Å². The maximum absolute atomic E-state index is 12.8. The number of piperidine rings is 1. The van der Waals surface area contributed by atoms with Crippen molar-refractivity contribution in [3.8, 4) is 0 Å². The molecule has 1 aromatic rings. The Morgan fingerprint density at radius 3 is 2.48 bits per heavy atom. The minimum Gasteiger partial charge on any atom is -0.342 e. The molecule has 0 unspecified atom stereocenters. The van der Waals surface area contributed by atoms with Crippen LogP contribution in [-0.2, 0) is 9.59 Å². The maximum atomic E-state index is 12.8. The fourth-order valence-corrected chi connectivity index (χ4v) is 3.40. The first-order valence-corrected chi connectivity index (χ1v) is 9.09. The molecular formula is C18H23BrN2O2. The number of carbonyl (C=O) groups excluding carboxylic acids is 2. The number of hydrogen-bond acceptors (Lipinski definition) is 2. The summed E-state index contributed by atoms with van der Waals surface area (Å²) in [6.07, 6.45) is 3.41. The summed E-state index contributed by atoms with van der Waals surface area (Å²) in [5.74, 6) is 0.548. The van der Waals surface area contributed by atoms with Crippen molar-refractivity contribution in [2.75, 3.05) is 18.4 Å². The van der Waals surface area contributed by atoms with E-state index < -0.39 is 5.41 Å². The standard InChI is InChI=1S/C18H23BrN2O2/c1-12-5-9-21(10-6-12)17(23)18(7-8-18)16(22)20-14-3-4-15(19)13(2)11-14/h3-4,11-12H,5-10H2,1-2H3,(H,20,22). The summed E-state index contributed by atoms with van der Waals surface area (Å²) in [5, 5.41) is 2.93. The van der Waals surface area contributed by atoms with E-state index in [1.807, 2.05) is 30.0 Å². The van der Waals surface area contributed by atoms with E-state index in [9.17, 15) is 9.59 Å². The molecule has 1 aromatic carbocycles. The van der Waals surface area contributed by atoms with Gasteiger partial charge in [-0.15, -0.1) is 0 Å². The molecule has 23 heavy (non-hydrogen) atoms. The third kappa shape index (κ3) is 3.30. The average molecular weight is 379 g/mol. The topological polar surface area (TPSA) is 49.4 Å². The first-order valence-electron chi connectivity index (χ1n) is 8.29. The van der Waals surface area contributed by atoms with E-state index in [0.717, 1.165) is 41.7 Å². The van der Waals surface area contributed by atoms with Gasteiger partial charge in [0.1, 0.15) is 5.41 Å². The second kappa shape index (κ2) is 6.27. The molecule has 0 radical (unpaired) electrons. The molecule has 1 heterocycles. The third-order valence-electron chi connectivity index (χ3n) is 5.08. The molecule has 1 aliphatic carbocycles. The molecule has 0 spiro atoms. The lowest BCUT2D eigenvalue weighted by atomic mass is 9.96. The van der Waals surface area contributed by atoms with E-state index in [1.54, 1.807) is 0 Å². The summed E-state index contributed by atoms with van der Waals surface area (Å²) in [6.45, 7) is 5.77. The van der Waals surface area contributed by atoms with Gasteiger partial charge in [-0.25, -0.2) is 0 Å². The van der Waals surface area contributed by atoms with Gasteiger partial charge in [0.05, 0.1) is 0 Å². The molecular weight excluding hydrogens is 356 g/mol. The van der Waals surface area contributed by atoms with Gasteiger partial charge in [0, 0.05) is 23.2 Å². The smallest absolute Gasteiger partial charge is 0.240 e. The van der Waals surface area contributed by atoms with Crippen LogP contribution in [-0.4, -0.2) is 29.8 Å². The fraction of sp³-hybridized carbons (Fsp3) is 0.556. The number of halogens is 1. The van der Waals surface area contributed by atoms with Crippen LogP contribution in [0.1, 0.15) is 38.2 Å². The summed E-state index contributed by atoms with van der Waals surface area (Å²) >= 11 is 3.45. The van der Waals surface area contributed by atoms with Crippen LogP contribution in [0.25, 0.3) is 0 Å². The lowest BCUT2D eigenvalue weighted by Gasteiger charge is -2.32. The number of amides is 2. The molecule has 124 valence electrons. The molecule has 4 nitrogen and oxygen atoms in total. The molecule has 1 aliphatic heterocycles. The summed E-state index contributed by atoms with van der Waals surface area (Å²) in [4.78, 5) is 27.4. The van der Waals surface area contributed by atoms with E-state index in [4.69, 9.17) is 0 Å². The molecule has 1 saturated heterocycles. The second-order valence-corrected chi connectivity index (χ2v) is 7.83. The van der Waals surface area contributed by atoms with Gasteiger partial charge in [-0.2, -0.15) is 0 Å². The Kier molecular flexibility index (Phi) is 4.50. The number of rotatable bonds is 3. The van der Waals surface area contributed by atoms with Crippen molar-refractivity contribution in [2.45, 2.75) is 39.5 Å². The van der Waals surface area contributed by atoms with Crippen molar-refractivity contribution in [3.63, 3.8) is 0 Å². The number of likely N-dealkylation sites (tertiary alicyclic amines) is 1. The van der Waals surface area contributed by atoms with Crippen LogP contribution >= 0.6 is 15.9 Å². The Morgan fingerprint density at radius 2 is 1.91 bits per heavy atom. The van der Waals surface area contributed by atoms with Crippen molar-refractivity contribution < 1.29 is 9.59 Å². The maximum Gasteiger partial charge on any atom is 0.240 e. The largest absolute Gasteiger partial charge is 0.342 e. The predicted octanol–water partition coefficient (Wildman–Crippen LogP) is 3.73. The Bertz CT molecular complexity index is 632. The first-order chi connectivity index (χ1) is 10.9. The highest BCUT2D eigenvalue weighted by molar-refractivity contribution is 9.10. The Morgan fingerprint density at radius 1 is 1.26 bits per heavy atom. The molecule has 3 rings (SSSR count). The van der Waals surface area contributed by atoms with Crippen LogP contribution < -0.4 is 5.32 Å². The summed E-state index contributed by atoms with van der Waals surface area (Å²) in [7, 11) is 0. The summed E-state index contributed by atoms with van der Waals surface area (Å²) < 4.78 is 1.01. The second-order valence-electron chi connectivity index (χ2n) is 6.97. The molecule has 5 heteroatoms. The van der Waals surface area contributed by atoms with Crippen LogP contribution in [0.2, 0.25) is 0 Å². The van der Waals surface area contributed by atoms with E-state index >= 15 is 0 Å². The van der Waals surface area contributed by atoms with Gasteiger partial charge in [0.2, 0.25) is 11.8 Å². The van der Waals surface area contributed by atoms with Crippen LogP contribution in [0.4, 0.5) is 5.69 Å². The van der Waals surface area contributed by atoms with Crippen molar-refractivity contribution in [1.82, 2.24) is 4.90 Å². The minimum atomic E-state index is -0.818. The first kappa shape index (κ1) is 16.5. The van der Waals surface area contributed by atoms with Gasteiger partial charge in [0.15, 0.2) is 0 Å². The molecule has 1 saturated carbocycles. The van der Waals surface area contributed by atoms with E-state index in [1.165, 1.54) is 0 Å². The van der Waals surface area contributed by atoms with Gasteiger partial charge in [-0.1, -0.05) is 22.9 Å². The Hall–Kier alpha value is -1.36. The van der Waals surface area contributed by atoms with Crippen LogP contribution in [0.3, 0.4) is 0 Å². The SMILES string of the molecule is Cc1cc(NC(=O)C2(C(=O)N3CCC(C)CC3)CC2)ccc1Br. The number of carbonyl (C=O) groups is 2. The van der Waals surface area contributed by atoms with E-state index in [-0.39, 0.29) is 11.8 Å². The van der Waals surface area contributed by atoms with Crippen LogP contribution in [0, 0.1) is 18.3 Å². The molecule has 2 amide bonds. The van der Waals surface area contributed by atoms with Gasteiger partial charge in [-0.3, -0.25) is 9.59 Å². The summed E-state index contributed by atoms with van der Waals surface area (Å²) in [6, 6.07) is 5.70. The highest BCUT2D eigenvalue weighted by atomic mass is 79.9.